The molecule has 5 aromatic carbocycles. The van der Waals surface area contributed by atoms with E-state index in [1.54, 1.807) is 48.5 Å². The van der Waals surface area contributed by atoms with Crippen LogP contribution in [0.2, 0.25) is 0 Å². The summed E-state index contributed by atoms with van der Waals surface area (Å²) in [5, 5.41) is 58.0. The number of carboxylic acids is 6. The second-order valence-corrected chi connectivity index (χ2v) is 13.2. The van der Waals surface area contributed by atoms with E-state index in [1.165, 1.54) is 18.3 Å². The first-order chi connectivity index (χ1) is 30.6. The van der Waals surface area contributed by atoms with Gasteiger partial charge >= 0.3 is 35.8 Å². The van der Waals surface area contributed by atoms with E-state index in [-0.39, 0.29) is 63.3 Å². The second kappa shape index (κ2) is 18.9. The molecule has 2 aromatic heterocycles. The number of rotatable bonds is 12. The van der Waals surface area contributed by atoms with Crippen LogP contribution in [0.1, 0.15) is 94.5 Å². The standard InChI is InChI=1S/C20H16O7.C14H7NO6.C11H7NO4/c21-19(22)17-15(25-11-13-7-3-1-4-8-13)16(18(27-17)20(23)24)26-12-14-9-5-2-6-10-14;16-11-5-1-3-7(13(18)19)10-8(14(20)21)4-2-6(9(5)10)12(17)15-11;13-10(14)8-7-4-2-1-3-6(7)5-12-9(8)11(15)16/h1-10H,11-12H2,(H,21,22)(H,23,24);1-4H,(H,18,19)(H,20,21)(H,15,16,17);1-5H,(H,13,14)(H,15,16). The fourth-order valence-electron chi connectivity index (χ4n) is 6.41. The minimum absolute atomic E-state index is 0.0292. The highest BCUT2D eigenvalue weighted by Crippen LogP contribution is 2.40. The number of carbonyl (C=O) groups is 8. The number of ether oxygens (including phenoxy) is 2. The zero-order valence-corrected chi connectivity index (χ0v) is 32.5. The first kappa shape index (κ1) is 44.2. The number of hydrogen-bond donors (Lipinski definition) is 7. The van der Waals surface area contributed by atoms with Gasteiger partial charge in [0, 0.05) is 38.9 Å². The molecule has 0 atom stereocenters. The molecule has 19 heteroatoms. The molecule has 0 aliphatic carbocycles. The van der Waals surface area contributed by atoms with Gasteiger partial charge in [-0.15, -0.1) is 0 Å². The number of hydrogen-bond acceptors (Lipinski definition) is 12. The van der Waals surface area contributed by atoms with Crippen LogP contribution in [-0.2, 0) is 13.2 Å². The highest BCUT2D eigenvalue weighted by atomic mass is 16.5. The van der Waals surface area contributed by atoms with Crippen molar-refractivity contribution >= 4 is 69.2 Å². The molecule has 322 valence electrons. The van der Waals surface area contributed by atoms with E-state index < -0.39 is 64.8 Å². The van der Waals surface area contributed by atoms with Gasteiger partial charge in [0.05, 0.1) is 11.1 Å². The van der Waals surface area contributed by atoms with Crippen LogP contribution in [0.4, 0.5) is 0 Å². The first-order valence-corrected chi connectivity index (χ1v) is 18.3. The maximum Gasteiger partial charge on any atom is 0.375 e. The van der Waals surface area contributed by atoms with Gasteiger partial charge in [-0.2, -0.15) is 0 Å². The van der Waals surface area contributed by atoms with E-state index in [2.05, 4.69) is 10.3 Å². The van der Waals surface area contributed by atoms with Gasteiger partial charge in [0.25, 0.3) is 23.3 Å². The van der Waals surface area contributed by atoms with Gasteiger partial charge in [-0.25, -0.2) is 33.8 Å². The highest BCUT2D eigenvalue weighted by molar-refractivity contribution is 6.29. The Morgan fingerprint density at radius 3 is 1.39 bits per heavy atom. The molecule has 19 nitrogen and oxygen atoms in total. The van der Waals surface area contributed by atoms with Crippen LogP contribution in [0, 0.1) is 0 Å². The number of benzene rings is 5. The summed E-state index contributed by atoms with van der Waals surface area (Å²) in [6, 6.07) is 29.6. The van der Waals surface area contributed by atoms with Gasteiger partial charge in [-0.05, 0) is 35.4 Å². The lowest BCUT2D eigenvalue weighted by atomic mass is 9.89. The van der Waals surface area contributed by atoms with Crippen molar-refractivity contribution in [2.24, 2.45) is 0 Å². The third kappa shape index (κ3) is 9.32. The maximum absolute atomic E-state index is 11.8. The van der Waals surface area contributed by atoms with Crippen molar-refractivity contribution < 1.29 is 82.9 Å². The van der Waals surface area contributed by atoms with Crippen LogP contribution in [0.15, 0.2) is 120 Å². The van der Waals surface area contributed by atoms with Crippen molar-refractivity contribution in [3.05, 3.63) is 172 Å². The lowest BCUT2D eigenvalue weighted by Gasteiger charge is -2.18. The predicted molar refractivity (Wildman–Crippen MR) is 219 cm³/mol. The van der Waals surface area contributed by atoms with Gasteiger partial charge < -0.3 is 44.5 Å². The SMILES string of the molecule is O=C(O)c1ccc2c3c(ccc(C(=O)O)c13)C(=O)NC2=O.O=C(O)c1ncc2ccccc2c1C(=O)O.O=C(O)c1oc(C(=O)O)c(OCc2ccccc2)c1OCc1ccccc1. The summed E-state index contributed by atoms with van der Waals surface area (Å²) in [6.45, 7) is 0.0584. The van der Waals surface area contributed by atoms with E-state index in [0.717, 1.165) is 23.3 Å². The molecule has 7 aromatic rings. The van der Waals surface area contributed by atoms with Crippen molar-refractivity contribution in [2.75, 3.05) is 0 Å². The number of fused-ring (bicyclic) bond motifs is 1. The van der Waals surface area contributed by atoms with Gasteiger partial charge in [-0.1, -0.05) is 84.9 Å². The molecule has 3 heterocycles. The number of aromatic nitrogens is 1. The van der Waals surface area contributed by atoms with E-state index in [0.29, 0.717) is 10.8 Å². The highest BCUT2D eigenvalue weighted by Gasteiger charge is 2.32. The monoisotopic (exact) mass is 870 g/mol. The maximum atomic E-state index is 11.8. The number of pyridine rings is 1. The summed E-state index contributed by atoms with van der Waals surface area (Å²) in [5.74, 6) is -11.3. The molecule has 1 aliphatic rings. The quantitative estimate of drug-likeness (QED) is 0.0637. The number of aromatic carboxylic acids is 6. The third-order valence-electron chi connectivity index (χ3n) is 9.22. The zero-order chi connectivity index (χ0) is 46.2. The zero-order valence-electron chi connectivity index (χ0n) is 32.5. The molecule has 2 amide bonds. The van der Waals surface area contributed by atoms with Crippen molar-refractivity contribution in [3.63, 3.8) is 0 Å². The third-order valence-corrected chi connectivity index (χ3v) is 9.22. The molecule has 64 heavy (non-hydrogen) atoms. The van der Waals surface area contributed by atoms with Crippen LogP contribution in [0.25, 0.3) is 21.5 Å². The lowest BCUT2D eigenvalue weighted by molar-refractivity contribution is 0.0618. The van der Waals surface area contributed by atoms with Crippen LogP contribution in [0.5, 0.6) is 11.5 Å². The van der Waals surface area contributed by atoms with Gasteiger partial charge in [0.15, 0.2) is 5.69 Å². The summed E-state index contributed by atoms with van der Waals surface area (Å²) in [7, 11) is 0. The number of furan rings is 1. The smallest absolute Gasteiger partial charge is 0.375 e. The van der Waals surface area contributed by atoms with Crippen LogP contribution in [-0.4, -0.2) is 83.3 Å². The molecule has 0 fully saturated rings. The Labute approximate surface area is 358 Å². The van der Waals surface area contributed by atoms with E-state index in [1.807, 2.05) is 36.4 Å². The minimum Gasteiger partial charge on any atom is -0.481 e. The molecule has 0 saturated heterocycles. The lowest BCUT2D eigenvalue weighted by Crippen LogP contribution is -2.35. The average molecular weight is 871 g/mol. The van der Waals surface area contributed by atoms with Gasteiger partial charge in [0.2, 0.25) is 11.5 Å². The van der Waals surface area contributed by atoms with Gasteiger partial charge in [0.1, 0.15) is 18.8 Å². The van der Waals surface area contributed by atoms with E-state index >= 15 is 0 Å². The Bertz CT molecular complexity index is 2890. The van der Waals surface area contributed by atoms with Crippen molar-refractivity contribution in [3.8, 4) is 11.5 Å². The molecule has 8 rings (SSSR count). The first-order valence-electron chi connectivity index (χ1n) is 18.3. The van der Waals surface area contributed by atoms with E-state index in [4.69, 9.17) is 24.1 Å². The molecule has 0 spiro atoms. The van der Waals surface area contributed by atoms with Crippen LogP contribution < -0.4 is 14.8 Å². The number of carboxylic acid groups (broad SMARTS) is 6. The number of nitrogens with zero attached hydrogens (tertiary/aromatic N) is 1. The fourth-order valence-corrected chi connectivity index (χ4v) is 6.41. The van der Waals surface area contributed by atoms with Crippen LogP contribution in [0.3, 0.4) is 0 Å². The summed E-state index contributed by atoms with van der Waals surface area (Å²) < 4.78 is 16.1. The Hall–Kier alpha value is -9.39. The molecular weight excluding hydrogens is 840 g/mol. The van der Waals surface area contributed by atoms with E-state index in [9.17, 15) is 58.8 Å². The van der Waals surface area contributed by atoms with Gasteiger partial charge in [-0.3, -0.25) is 14.9 Å². The largest absolute Gasteiger partial charge is 0.481 e. The Balaban J connectivity index is 0.000000165. The Morgan fingerprint density at radius 2 is 0.969 bits per heavy atom. The number of imide groups is 1. The number of amides is 2. The summed E-state index contributed by atoms with van der Waals surface area (Å²) in [5.41, 5.74) is 0.463. The molecule has 0 saturated carbocycles. The average Bonchev–Trinajstić information content (AvgIpc) is 3.66. The second-order valence-electron chi connectivity index (χ2n) is 13.2. The Kier molecular flexibility index (Phi) is 13.0. The molecule has 0 unspecified atom stereocenters. The fraction of sp³-hybridized carbons (Fsp3) is 0.0444. The minimum atomic E-state index is -1.45. The van der Waals surface area contributed by atoms with Crippen molar-refractivity contribution in [2.45, 2.75) is 13.2 Å². The van der Waals surface area contributed by atoms with Crippen molar-refractivity contribution in [1.29, 1.82) is 0 Å². The molecule has 7 N–H and O–H groups in total. The Morgan fingerprint density at radius 1 is 0.516 bits per heavy atom. The summed E-state index contributed by atoms with van der Waals surface area (Å²) in [4.78, 5) is 94.7. The number of nitrogens with one attached hydrogen (secondary N) is 1. The normalized spacial score (nSPS) is 11.2. The summed E-state index contributed by atoms with van der Waals surface area (Å²) in [6.07, 6.45) is 1.35. The predicted octanol–water partition coefficient (Wildman–Crippen LogP) is 6.59. The molecule has 1 aliphatic heterocycles. The van der Waals surface area contributed by atoms with Crippen molar-refractivity contribution in [1.82, 2.24) is 10.3 Å². The topological polar surface area (TPSA) is 314 Å². The number of carbonyl (C=O) groups excluding carboxylic acids is 2. The van der Waals surface area contributed by atoms with Crippen LogP contribution >= 0.6 is 0 Å². The molecular formula is C45H30N2O17. The summed E-state index contributed by atoms with van der Waals surface area (Å²) >= 11 is 0. The molecule has 0 radical (unpaired) electrons. The molecule has 0 bridgehead atoms.